The second kappa shape index (κ2) is 6.88. The number of aryl methyl sites for hydroxylation is 2. The van der Waals surface area contributed by atoms with E-state index in [0.717, 1.165) is 23.6 Å². The van der Waals surface area contributed by atoms with E-state index in [1.54, 1.807) is 13.1 Å². The zero-order chi connectivity index (χ0) is 20.1. The molecule has 2 aromatic carbocycles. The maximum absolute atomic E-state index is 12.8. The van der Waals surface area contributed by atoms with Gasteiger partial charge in [-0.1, -0.05) is 24.3 Å². The summed E-state index contributed by atoms with van der Waals surface area (Å²) in [5.74, 6) is -0.875. The van der Waals surface area contributed by atoms with Crippen molar-refractivity contribution in [2.45, 2.75) is 38.3 Å². The fourth-order valence-electron chi connectivity index (χ4n) is 4.25. The fourth-order valence-corrected chi connectivity index (χ4v) is 6.02. The van der Waals surface area contributed by atoms with Gasteiger partial charge in [-0.05, 0) is 54.2 Å². The average Bonchev–Trinajstić information content (AvgIpc) is 3.25. The zero-order valence-corrected chi connectivity index (χ0v) is 16.8. The highest BCUT2D eigenvalue weighted by Gasteiger charge is 2.35. The quantitative estimate of drug-likeness (QED) is 0.733. The lowest BCUT2D eigenvalue weighted by Crippen LogP contribution is -2.44. The normalized spacial score (nSPS) is 20.9. The van der Waals surface area contributed by atoms with Crippen molar-refractivity contribution in [3.63, 3.8) is 0 Å². The first-order valence-electron chi connectivity index (χ1n) is 9.48. The minimum absolute atomic E-state index is 0.0369. The van der Waals surface area contributed by atoms with Crippen molar-refractivity contribution >= 4 is 32.5 Å². The molecule has 2 aliphatic rings. The Kier molecular flexibility index (Phi) is 4.65. The van der Waals surface area contributed by atoms with Crippen LogP contribution in [-0.2, 0) is 32.2 Å². The van der Waals surface area contributed by atoms with Crippen LogP contribution in [0.1, 0.15) is 34.8 Å². The molecule has 0 radical (unpaired) electrons. The Morgan fingerprint density at radius 3 is 2.54 bits per heavy atom. The molecule has 2 atom stereocenters. The molecule has 1 aliphatic carbocycles. The minimum Gasteiger partial charge on any atom is -0.449 e. The Bertz CT molecular complexity index is 1070. The second-order valence-electron chi connectivity index (χ2n) is 7.67. The summed E-state index contributed by atoms with van der Waals surface area (Å²) >= 11 is 0. The Hall–Kier alpha value is -2.41. The smallest absolute Gasteiger partial charge is 0.339 e. The van der Waals surface area contributed by atoms with Gasteiger partial charge in [0, 0.05) is 13.1 Å². The highest BCUT2D eigenvalue weighted by molar-refractivity contribution is 7.91. The Balaban J connectivity index is 1.51. The SMILES string of the molecule is C[C@@H](OC(=O)c1ccc2c3c(cccc13)CC2)C(=O)N(C)[C@@H]1CCS(=O)(=O)C1. The van der Waals surface area contributed by atoms with E-state index in [4.69, 9.17) is 4.74 Å². The summed E-state index contributed by atoms with van der Waals surface area (Å²) in [5, 5.41) is 1.97. The number of amides is 1. The van der Waals surface area contributed by atoms with Crippen LogP contribution < -0.4 is 0 Å². The molecule has 1 aliphatic heterocycles. The fraction of sp³-hybridized carbons (Fsp3) is 0.429. The molecule has 0 bridgehead atoms. The van der Waals surface area contributed by atoms with Gasteiger partial charge in [0.25, 0.3) is 5.91 Å². The molecule has 0 aromatic heterocycles. The van der Waals surface area contributed by atoms with Gasteiger partial charge in [0.05, 0.1) is 17.1 Å². The standard InChI is InChI=1S/C21H23NO5S/c1-13(20(23)22(2)16-10-11-28(25,26)12-16)27-21(24)18-9-8-15-7-6-14-4-3-5-17(18)19(14)15/h3-5,8-9,13,16H,6-7,10-12H2,1-2H3/t13-,16-/m1/s1. The maximum atomic E-state index is 12.8. The molecule has 6 nitrogen and oxygen atoms in total. The van der Waals surface area contributed by atoms with Crippen LogP contribution in [0.25, 0.3) is 10.8 Å². The topological polar surface area (TPSA) is 80.8 Å². The number of hydrogen-bond acceptors (Lipinski definition) is 5. The first-order valence-corrected chi connectivity index (χ1v) is 11.3. The van der Waals surface area contributed by atoms with Gasteiger partial charge < -0.3 is 9.64 Å². The summed E-state index contributed by atoms with van der Waals surface area (Å²) in [6.07, 6.45) is 1.37. The maximum Gasteiger partial charge on any atom is 0.339 e. The number of nitrogens with zero attached hydrogens (tertiary/aromatic N) is 1. The molecular formula is C21H23NO5S. The highest BCUT2D eigenvalue weighted by Crippen LogP contribution is 2.33. The zero-order valence-electron chi connectivity index (χ0n) is 16.0. The molecule has 1 saturated heterocycles. The number of carbonyl (C=O) groups is 2. The van der Waals surface area contributed by atoms with Crippen LogP contribution in [0.3, 0.4) is 0 Å². The van der Waals surface area contributed by atoms with E-state index in [1.165, 1.54) is 23.0 Å². The van der Waals surface area contributed by atoms with Crippen molar-refractivity contribution in [3.8, 4) is 0 Å². The summed E-state index contributed by atoms with van der Waals surface area (Å²) in [4.78, 5) is 26.8. The lowest BCUT2D eigenvalue weighted by molar-refractivity contribution is -0.140. The van der Waals surface area contributed by atoms with Crippen molar-refractivity contribution < 1.29 is 22.7 Å². The van der Waals surface area contributed by atoms with Gasteiger partial charge in [0.2, 0.25) is 0 Å². The van der Waals surface area contributed by atoms with Gasteiger partial charge in [-0.3, -0.25) is 4.79 Å². The van der Waals surface area contributed by atoms with E-state index < -0.39 is 21.9 Å². The monoisotopic (exact) mass is 401 g/mol. The number of ether oxygens (including phenoxy) is 1. The van der Waals surface area contributed by atoms with E-state index in [2.05, 4.69) is 6.07 Å². The van der Waals surface area contributed by atoms with Crippen LogP contribution in [0.4, 0.5) is 0 Å². The molecule has 0 N–H and O–H groups in total. The number of carbonyl (C=O) groups excluding carboxylic acids is 2. The lowest BCUT2D eigenvalue weighted by atomic mass is 10.00. The Labute approximate surface area is 164 Å². The first kappa shape index (κ1) is 18.9. The van der Waals surface area contributed by atoms with Crippen molar-refractivity contribution in [2.75, 3.05) is 18.6 Å². The van der Waals surface area contributed by atoms with Crippen LogP contribution in [0, 0.1) is 0 Å². The van der Waals surface area contributed by atoms with Crippen molar-refractivity contribution in [3.05, 3.63) is 47.0 Å². The lowest BCUT2D eigenvalue weighted by Gasteiger charge is -2.26. The number of esters is 1. The molecule has 0 unspecified atom stereocenters. The van der Waals surface area contributed by atoms with Gasteiger partial charge in [-0.2, -0.15) is 0 Å². The second-order valence-corrected chi connectivity index (χ2v) is 9.89. The van der Waals surface area contributed by atoms with E-state index in [0.29, 0.717) is 12.0 Å². The molecule has 1 heterocycles. The number of hydrogen-bond donors (Lipinski definition) is 0. The average molecular weight is 401 g/mol. The largest absolute Gasteiger partial charge is 0.449 e. The molecule has 148 valence electrons. The number of rotatable bonds is 4. The third-order valence-corrected chi connectivity index (χ3v) is 7.58. The van der Waals surface area contributed by atoms with Gasteiger partial charge in [-0.15, -0.1) is 0 Å². The number of sulfone groups is 1. The Morgan fingerprint density at radius 2 is 1.86 bits per heavy atom. The van der Waals surface area contributed by atoms with Crippen LogP contribution in [0.5, 0.6) is 0 Å². The molecule has 4 rings (SSSR count). The highest BCUT2D eigenvalue weighted by atomic mass is 32.2. The molecule has 0 saturated carbocycles. The van der Waals surface area contributed by atoms with Crippen LogP contribution in [-0.4, -0.2) is 55.9 Å². The van der Waals surface area contributed by atoms with Crippen LogP contribution in [0.2, 0.25) is 0 Å². The van der Waals surface area contributed by atoms with E-state index >= 15 is 0 Å². The number of benzene rings is 2. The molecular weight excluding hydrogens is 378 g/mol. The van der Waals surface area contributed by atoms with E-state index in [-0.39, 0.29) is 23.5 Å². The third-order valence-electron chi connectivity index (χ3n) is 5.83. The molecule has 7 heteroatoms. The Morgan fingerprint density at radius 1 is 1.14 bits per heavy atom. The summed E-state index contributed by atoms with van der Waals surface area (Å²) < 4.78 is 28.8. The third kappa shape index (κ3) is 3.28. The molecule has 1 fully saturated rings. The predicted octanol–water partition coefficient (Wildman–Crippen LogP) is 2.13. The summed E-state index contributed by atoms with van der Waals surface area (Å²) in [5.41, 5.74) is 2.91. The van der Waals surface area contributed by atoms with Crippen LogP contribution in [0.15, 0.2) is 30.3 Å². The van der Waals surface area contributed by atoms with Crippen LogP contribution >= 0.6 is 0 Å². The molecule has 0 spiro atoms. The van der Waals surface area contributed by atoms with Crippen molar-refractivity contribution in [2.24, 2.45) is 0 Å². The summed E-state index contributed by atoms with van der Waals surface area (Å²) in [7, 11) is -1.53. The van der Waals surface area contributed by atoms with Gasteiger partial charge in [-0.25, -0.2) is 13.2 Å². The number of likely N-dealkylation sites (N-methyl/N-ethyl adjacent to an activating group) is 1. The minimum atomic E-state index is -3.09. The van der Waals surface area contributed by atoms with Crippen molar-refractivity contribution in [1.82, 2.24) is 4.90 Å². The van der Waals surface area contributed by atoms with Gasteiger partial charge >= 0.3 is 5.97 Å². The molecule has 1 amide bonds. The van der Waals surface area contributed by atoms with E-state index in [1.807, 2.05) is 18.2 Å². The molecule has 28 heavy (non-hydrogen) atoms. The summed E-state index contributed by atoms with van der Waals surface area (Å²) in [6.45, 7) is 1.53. The van der Waals surface area contributed by atoms with Crippen molar-refractivity contribution in [1.29, 1.82) is 0 Å². The first-order chi connectivity index (χ1) is 13.3. The summed E-state index contributed by atoms with van der Waals surface area (Å²) in [6, 6.07) is 9.27. The van der Waals surface area contributed by atoms with E-state index in [9.17, 15) is 18.0 Å². The van der Waals surface area contributed by atoms with Gasteiger partial charge in [0.15, 0.2) is 15.9 Å². The molecule has 2 aromatic rings. The predicted molar refractivity (Wildman–Crippen MR) is 106 cm³/mol. The van der Waals surface area contributed by atoms with Gasteiger partial charge in [0.1, 0.15) is 0 Å².